The molecule has 0 aromatic heterocycles. The molecule has 0 amide bonds. The van der Waals surface area contributed by atoms with E-state index in [-0.39, 0.29) is 18.5 Å². The van der Waals surface area contributed by atoms with Gasteiger partial charge in [0.25, 0.3) is 0 Å². The minimum absolute atomic E-state index is 0.0858. The molecule has 4 nitrogen and oxygen atoms in total. The molecule has 0 heterocycles. The standard InChI is InChI=1S/C27H48O4/c1-4-5-6-7-8-9-10-11-14-17-20-23-30-26(28)21-18-15-12-13-16-19-22-27(29)31-24-25(2)3/h25H,4-16,18-19,21-24H2,1-3H3. The van der Waals surface area contributed by atoms with Crippen LogP contribution in [0.2, 0.25) is 0 Å². The zero-order valence-corrected chi connectivity index (χ0v) is 20.6. The van der Waals surface area contributed by atoms with E-state index in [9.17, 15) is 9.59 Å². The molecule has 4 heteroatoms. The van der Waals surface area contributed by atoms with Gasteiger partial charge in [-0.25, -0.2) is 0 Å². The fourth-order valence-electron chi connectivity index (χ4n) is 3.25. The van der Waals surface area contributed by atoms with Crippen LogP contribution in [0.1, 0.15) is 130 Å². The molecule has 0 aromatic rings. The van der Waals surface area contributed by atoms with Gasteiger partial charge in [-0.05, 0) is 25.2 Å². The van der Waals surface area contributed by atoms with Crippen molar-refractivity contribution in [1.29, 1.82) is 0 Å². The first-order valence-corrected chi connectivity index (χ1v) is 12.8. The lowest BCUT2D eigenvalue weighted by Gasteiger charge is -2.06. The highest BCUT2D eigenvalue weighted by Crippen LogP contribution is 2.10. The molecule has 0 spiro atoms. The highest BCUT2D eigenvalue weighted by atomic mass is 16.5. The van der Waals surface area contributed by atoms with Gasteiger partial charge in [-0.3, -0.25) is 9.59 Å². The summed E-state index contributed by atoms with van der Waals surface area (Å²) >= 11 is 0. The van der Waals surface area contributed by atoms with Crippen molar-refractivity contribution >= 4 is 11.9 Å². The fraction of sp³-hybridized carbons (Fsp3) is 0.852. The molecule has 0 aliphatic heterocycles. The van der Waals surface area contributed by atoms with Crippen LogP contribution < -0.4 is 0 Å². The summed E-state index contributed by atoms with van der Waals surface area (Å²) in [5.41, 5.74) is 0. The topological polar surface area (TPSA) is 52.6 Å². The second kappa shape index (κ2) is 23.2. The van der Waals surface area contributed by atoms with Gasteiger partial charge in [0.2, 0.25) is 0 Å². The molecule has 0 aromatic carbocycles. The molecular formula is C27H48O4. The molecule has 0 aliphatic carbocycles. The Labute approximate surface area is 192 Å². The van der Waals surface area contributed by atoms with Crippen molar-refractivity contribution in [3.05, 3.63) is 0 Å². The zero-order valence-electron chi connectivity index (χ0n) is 20.6. The summed E-state index contributed by atoms with van der Waals surface area (Å²) in [6.45, 7) is 7.06. The van der Waals surface area contributed by atoms with Gasteiger partial charge in [0.15, 0.2) is 6.61 Å². The van der Waals surface area contributed by atoms with Gasteiger partial charge in [0, 0.05) is 19.3 Å². The highest BCUT2D eigenvalue weighted by Gasteiger charge is 2.04. The quantitative estimate of drug-likeness (QED) is 0.113. The van der Waals surface area contributed by atoms with Gasteiger partial charge in [-0.1, -0.05) is 103 Å². The van der Waals surface area contributed by atoms with Crippen molar-refractivity contribution in [1.82, 2.24) is 0 Å². The molecule has 0 unspecified atom stereocenters. The third-order valence-electron chi connectivity index (χ3n) is 5.18. The molecule has 0 N–H and O–H groups in total. The largest absolute Gasteiger partial charge is 0.465 e. The number of carbonyl (C=O) groups is 2. The molecule has 0 saturated heterocycles. The first-order valence-electron chi connectivity index (χ1n) is 12.8. The summed E-state index contributed by atoms with van der Waals surface area (Å²) in [7, 11) is 0. The Morgan fingerprint density at radius 1 is 0.645 bits per heavy atom. The second-order valence-corrected chi connectivity index (χ2v) is 8.94. The lowest BCUT2D eigenvalue weighted by molar-refractivity contribution is -0.145. The first-order chi connectivity index (χ1) is 15.1. The van der Waals surface area contributed by atoms with E-state index < -0.39 is 0 Å². The number of hydrogen-bond donors (Lipinski definition) is 0. The van der Waals surface area contributed by atoms with Crippen LogP contribution in [0.4, 0.5) is 0 Å². The Kier molecular flexibility index (Phi) is 22.0. The van der Waals surface area contributed by atoms with Crippen LogP contribution in [-0.4, -0.2) is 25.2 Å². The summed E-state index contributed by atoms with van der Waals surface area (Å²) in [4.78, 5) is 23.2. The summed E-state index contributed by atoms with van der Waals surface area (Å²) in [5, 5.41) is 0. The lowest BCUT2D eigenvalue weighted by atomic mass is 10.1. The second-order valence-electron chi connectivity index (χ2n) is 8.94. The van der Waals surface area contributed by atoms with Crippen molar-refractivity contribution in [2.45, 2.75) is 130 Å². The molecule has 0 bridgehead atoms. The van der Waals surface area contributed by atoms with Gasteiger partial charge < -0.3 is 9.47 Å². The number of ether oxygens (including phenoxy) is 2. The van der Waals surface area contributed by atoms with Gasteiger partial charge >= 0.3 is 11.9 Å². The van der Waals surface area contributed by atoms with E-state index >= 15 is 0 Å². The molecule has 31 heavy (non-hydrogen) atoms. The van der Waals surface area contributed by atoms with Crippen LogP contribution in [0.3, 0.4) is 0 Å². The van der Waals surface area contributed by atoms with Gasteiger partial charge in [0.05, 0.1) is 6.61 Å². The number of hydrogen-bond acceptors (Lipinski definition) is 4. The summed E-state index contributed by atoms with van der Waals surface area (Å²) in [5.74, 6) is 6.22. The molecule has 0 saturated carbocycles. The molecule has 180 valence electrons. The fourth-order valence-corrected chi connectivity index (χ4v) is 3.25. The van der Waals surface area contributed by atoms with E-state index in [0.717, 1.165) is 51.4 Å². The summed E-state index contributed by atoms with van der Waals surface area (Å²) in [6, 6.07) is 0. The molecule has 0 radical (unpaired) electrons. The van der Waals surface area contributed by atoms with Crippen molar-refractivity contribution in [2.75, 3.05) is 13.2 Å². The van der Waals surface area contributed by atoms with E-state index in [2.05, 4.69) is 18.8 Å². The average Bonchev–Trinajstić information content (AvgIpc) is 2.74. The van der Waals surface area contributed by atoms with Crippen molar-refractivity contribution < 1.29 is 19.1 Å². The third kappa shape index (κ3) is 24.6. The predicted molar refractivity (Wildman–Crippen MR) is 129 cm³/mol. The maximum absolute atomic E-state index is 11.7. The van der Waals surface area contributed by atoms with Crippen LogP contribution in [0.25, 0.3) is 0 Å². The van der Waals surface area contributed by atoms with Crippen LogP contribution in [-0.2, 0) is 19.1 Å². The monoisotopic (exact) mass is 436 g/mol. The van der Waals surface area contributed by atoms with Gasteiger partial charge in [-0.15, -0.1) is 0 Å². The van der Waals surface area contributed by atoms with E-state index in [1.54, 1.807) is 0 Å². The minimum Gasteiger partial charge on any atom is -0.465 e. The van der Waals surface area contributed by atoms with Crippen molar-refractivity contribution in [3.8, 4) is 11.8 Å². The molecule has 0 fully saturated rings. The van der Waals surface area contributed by atoms with Gasteiger partial charge in [-0.2, -0.15) is 0 Å². The minimum atomic E-state index is -0.144. The smallest absolute Gasteiger partial charge is 0.306 e. The van der Waals surface area contributed by atoms with Crippen LogP contribution >= 0.6 is 0 Å². The van der Waals surface area contributed by atoms with E-state index in [1.165, 1.54) is 44.9 Å². The Bertz CT molecular complexity index is 487. The predicted octanol–water partition coefficient (Wildman–Crippen LogP) is 7.38. The Morgan fingerprint density at radius 3 is 1.68 bits per heavy atom. The number of unbranched alkanes of at least 4 members (excludes halogenated alkanes) is 13. The summed E-state index contributed by atoms with van der Waals surface area (Å²) in [6.07, 6.45) is 18.3. The van der Waals surface area contributed by atoms with E-state index in [1.807, 2.05) is 13.8 Å². The SMILES string of the molecule is CCCCCCCCCCC#CCOC(=O)CCCCCCCCC(=O)OCC(C)C. The van der Waals surface area contributed by atoms with E-state index in [4.69, 9.17) is 9.47 Å². The lowest BCUT2D eigenvalue weighted by Crippen LogP contribution is -2.09. The molecule has 0 atom stereocenters. The third-order valence-corrected chi connectivity index (χ3v) is 5.18. The van der Waals surface area contributed by atoms with Crippen LogP contribution in [0, 0.1) is 17.8 Å². The van der Waals surface area contributed by atoms with Gasteiger partial charge in [0.1, 0.15) is 0 Å². The normalized spacial score (nSPS) is 10.6. The Morgan fingerprint density at radius 2 is 1.13 bits per heavy atom. The van der Waals surface area contributed by atoms with E-state index in [0.29, 0.717) is 25.4 Å². The Balaban J connectivity index is 3.35. The first kappa shape index (κ1) is 29.5. The molecule has 0 aliphatic rings. The van der Waals surface area contributed by atoms with Crippen LogP contribution in [0.5, 0.6) is 0 Å². The molecule has 0 rings (SSSR count). The zero-order chi connectivity index (χ0) is 23.0. The molecular weight excluding hydrogens is 388 g/mol. The van der Waals surface area contributed by atoms with Crippen LogP contribution in [0.15, 0.2) is 0 Å². The maximum Gasteiger partial charge on any atom is 0.306 e. The summed E-state index contributed by atoms with van der Waals surface area (Å²) < 4.78 is 10.3. The Hall–Kier alpha value is -1.50. The highest BCUT2D eigenvalue weighted by molar-refractivity contribution is 5.69. The van der Waals surface area contributed by atoms with Crippen molar-refractivity contribution in [3.63, 3.8) is 0 Å². The van der Waals surface area contributed by atoms with Crippen molar-refractivity contribution in [2.24, 2.45) is 5.92 Å². The number of esters is 2. The number of rotatable bonds is 20. The number of carbonyl (C=O) groups excluding carboxylic acids is 2. The maximum atomic E-state index is 11.7. The average molecular weight is 437 g/mol.